The molecule has 29 heavy (non-hydrogen) atoms. The van der Waals surface area contributed by atoms with Gasteiger partial charge in [-0.25, -0.2) is 0 Å². The second-order valence-corrected chi connectivity index (χ2v) is 12.2. The summed E-state index contributed by atoms with van der Waals surface area (Å²) in [5.41, 5.74) is 7.69. The molecule has 0 spiro atoms. The van der Waals surface area contributed by atoms with E-state index in [1.54, 1.807) is 21.6 Å². The van der Waals surface area contributed by atoms with Crippen LogP contribution in [0, 0.1) is 5.53 Å². The molecule has 0 heterocycles. The van der Waals surface area contributed by atoms with E-state index in [9.17, 15) is 9.59 Å². The van der Waals surface area contributed by atoms with Crippen LogP contribution in [0.15, 0.2) is 34.3 Å². The van der Waals surface area contributed by atoms with Gasteiger partial charge in [0.25, 0.3) is 0 Å². The van der Waals surface area contributed by atoms with E-state index in [1.807, 2.05) is 45.0 Å². The van der Waals surface area contributed by atoms with Crippen LogP contribution < -0.4 is 13.8 Å². The fourth-order valence-corrected chi connectivity index (χ4v) is 5.03. The molecule has 1 rings (SSSR count). The molecule has 0 fully saturated rings. The maximum atomic E-state index is 11.6. The average molecular weight is 556 g/mol. The SMILES string of the molecule is [2H]I(CC)NC(=O)COCCc1ccc(SSC(C)(C)CNC(=O)CN=[N+]=N)cc1. The normalized spacial score (nSPS) is 11.8. The Balaban J connectivity index is 2.31. The van der Waals surface area contributed by atoms with Crippen molar-refractivity contribution in [2.24, 2.45) is 5.11 Å². The van der Waals surface area contributed by atoms with E-state index in [1.165, 1.54) is 0 Å². The van der Waals surface area contributed by atoms with Crippen LogP contribution in [0.2, 0.25) is 0 Å². The first kappa shape index (κ1) is 24.1. The third-order valence-corrected chi connectivity index (χ3v) is 8.43. The van der Waals surface area contributed by atoms with E-state index in [0.717, 1.165) is 21.3 Å². The standard InChI is InChI=1S/C18H28IN5O3S2/c1-4-19-23-17(26)12-27-10-9-14-5-7-15(8-6-14)28-29-18(2,3)13-21-16(25)11-22-24-20/h5-8,19-20H,4,9-13H2,1-3H3,(H-,21,23,25,26)/p+1/i19D. The summed E-state index contributed by atoms with van der Waals surface area (Å²) in [5, 5.41) is 6.15. The van der Waals surface area contributed by atoms with Crippen LogP contribution in [-0.2, 0) is 20.7 Å². The third-order valence-electron chi connectivity index (χ3n) is 3.36. The number of nitrogens with one attached hydrogen (secondary N) is 3. The van der Waals surface area contributed by atoms with Gasteiger partial charge in [-0.2, -0.15) is 0 Å². The molecule has 0 aliphatic rings. The van der Waals surface area contributed by atoms with Gasteiger partial charge in [0.2, 0.25) is 17.4 Å². The predicted molar refractivity (Wildman–Crippen MR) is 128 cm³/mol. The molecular formula is C18H29IN5O3S2+. The molecule has 3 N–H and O–H groups in total. The Kier molecular flexibility index (Phi) is 12.3. The van der Waals surface area contributed by atoms with Crippen molar-refractivity contribution in [3.63, 3.8) is 0 Å². The van der Waals surface area contributed by atoms with Crippen LogP contribution in [0.4, 0.5) is 0 Å². The van der Waals surface area contributed by atoms with Crippen LogP contribution >= 0.6 is 42.9 Å². The van der Waals surface area contributed by atoms with Crippen molar-refractivity contribution >= 4 is 54.7 Å². The van der Waals surface area contributed by atoms with Gasteiger partial charge in [0.1, 0.15) is 10.6 Å². The zero-order valence-electron chi connectivity index (χ0n) is 17.9. The molecule has 0 unspecified atom stereocenters. The summed E-state index contributed by atoms with van der Waals surface area (Å²) in [7, 11) is 3.31. The Morgan fingerprint density at radius 1 is 1.34 bits per heavy atom. The fourth-order valence-electron chi connectivity index (χ4n) is 1.89. The number of carbonyl (C=O) groups is 2. The zero-order chi connectivity index (χ0) is 22.4. The summed E-state index contributed by atoms with van der Waals surface area (Å²) in [5.74, 6) is -0.443. The summed E-state index contributed by atoms with van der Waals surface area (Å²) < 4.78 is 16.3. The molecule has 1 aromatic rings. The Bertz CT molecular complexity index is 733. The van der Waals surface area contributed by atoms with E-state index in [0.29, 0.717) is 13.2 Å². The summed E-state index contributed by atoms with van der Waals surface area (Å²) in [6, 6.07) is 8.16. The number of hydrogen-bond donors (Lipinski definition) is 3. The first-order valence-corrected chi connectivity index (χ1v) is 13.8. The molecule has 162 valence electrons. The van der Waals surface area contributed by atoms with Gasteiger partial charge in [-0.1, -0.05) is 0 Å². The van der Waals surface area contributed by atoms with Gasteiger partial charge in [-0.3, -0.25) is 4.79 Å². The minimum atomic E-state index is -2.02. The Hall–Kier alpha value is -1.14. The Labute approximate surface area is 190 Å². The van der Waals surface area contributed by atoms with E-state index in [-0.39, 0.29) is 29.7 Å². The van der Waals surface area contributed by atoms with Gasteiger partial charge < -0.3 is 5.32 Å². The van der Waals surface area contributed by atoms with Crippen LogP contribution in [0.3, 0.4) is 0 Å². The number of amides is 2. The van der Waals surface area contributed by atoms with Crippen LogP contribution in [-0.4, -0.2) is 47.9 Å². The molecule has 0 saturated heterocycles. The number of alkyl halides is 1. The van der Waals surface area contributed by atoms with Crippen molar-refractivity contribution in [1.29, 1.82) is 6.12 Å². The molecule has 0 radical (unpaired) electrons. The van der Waals surface area contributed by atoms with E-state index >= 15 is 0 Å². The molecule has 0 aliphatic carbocycles. The van der Waals surface area contributed by atoms with Crippen molar-refractivity contribution in [2.75, 3.05) is 30.7 Å². The first-order chi connectivity index (χ1) is 14.3. The Morgan fingerprint density at radius 2 is 2.07 bits per heavy atom. The Morgan fingerprint density at radius 3 is 2.72 bits per heavy atom. The number of halogens is 1. The second kappa shape index (κ2) is 14.8. The van der Waals surface area contributed by atoms with Gasteiger partial charge in [0, 0.05) is 11.3 Å². The van der Waals surface area contributed by atoms with Crippen molar-refractivity contribution in [2.45, 2.75) is 36.8 Å². The number of carbonyl (C=O) groups excluding carboxylic acids is 2. The minimum absolute atomic E-state index is 0.00896. The van der Waals surface area contributed by atoms with Gasteiger partial charge in [0.15, 0.2) is 0 Å². The van der Waals surface area contributed by atoms with Crippen molar-refractivity contribution in [3.05, 3.63) is 29.8 Å². The molecule has 0 aliphatic heterocycles. The summed E-state index contributed by atoms with van der Waals surface area (Å²) in [4.78, 5) is 27.1. The van der Waals surface area contributed by atoms with Crippen LogP contribution in [0.5, 0.6) is 0 Å². The van der Waals surface area contributed by atoms with E-state index in [4.69, 9.17) is 10.9 Å². The van der Waals surface area contributed by atoms with Crippen molar-refractivity contribution < 1.29 is 14.3 Å². The maximum absolute atomic E-state index is 11.6. The third kappa shape index (κ3) is 12.9. The molecule has 0 aromatic heterocycles. The summed E-state index contributed by atoms with van der Waals surface area (Å²) in [6.45, 7) is 6.83. The van der Waals surface area contributed by atoms with Crippen molar-refractivity contribution in [3.8, 4) is 0 Å². The molecule has 0 saturated carbocycles. The molecular weight excluding hydrogens is 525 g/mol. The number of benzene rings is 1. The van der Waals surface area contributed by atoms with Gasteiger partial charge >= 0.3 is 128 Å². The molecule has 0 bridgehead atoms. The van der Waals surface area contributed by atoms with E-state index < -0.39 is 21.3 Å². The first-order valence-electron chi connectivity index (χ1n) is 9.43. The number of rotatable bonds is 14. The summed E-state index contributed by atoms with van der Waals surface area (Å²) >= 11 is -2.02. The van der Waals surface area contributed by atoms with Gasteiger partial charge in [0.05, 0.1) is 0 Å². The quantitative estimate of drug-likeness (QED) is 0.0620. The van der Waals surface area contributed by atoms with Crippen LogP contribution in [0.25, 0.3) is 0 Å². The topological polar surface area (TPSA) is 118 Å². The fraction of sp³-hybridized carbons (Fsp3) is 0.556. The van der Waals surface area contributed by atoms with Gasteiger partial charge in [-0.05, 0) is 13.8 Å². The average Bonchev–Trinajstić information content (AvgIpc) is 2.73. The molecule has 2 amide bonds. The molecule has 0 atom stereocenters. The number of hydrogen-bond acceptors (Lipinski definition) is 7. The number of nitrogens with zero attached hydrogens (tertiary/aromatic N) is 2. The molecule has 11 heteroatoms. The van der Waals surface area contributed by atoms with Crippen molar-refractivity contribution in [1.82, 2.24) is 13.8 Å². The monoisotopic (exact) mass is 555 g/mol. The summed E-state index contributed by atoms with van der Waals surface area (Å²) in [6.07, 6.45) is 0.718. The predicted octanol–water partition coefficient (Wildman–Crippen LogP) is 3.19. The van der Waals surface area contributed by atoms with Crippen LogP contribution in [0.1, 0.15) is 26.3 Å². The number of ether oxygens (including phenoxy) is 1. The van der Waals surface area contributed by atoms with E-state index in [2.05, 4.69) is 18.9 Å². The molecule has 8 nitrogen and oxygen atoms in total. The zero-order valence-corrected chi connectivity index (χ0v) is 20.7. The van der Waals surface area contributed by atoms with Gasteiger partial charge in [-0.15, -0.1) is 0 Å². The molecule has 1 aromatic carbocycles. The second-order valence-electron chi connectivity index (χ2n) is 6.47.